The molecular formula is C16H15ClN4O2S. The SMILES string of the molecule is Cc1nn(C2CCS(=O)(=O)C2)c(Cl)c1/C=C(/C#N)c1ccccn1. The zero-order valence-electron chi connectivity index (χ0n) is 13.0. The minimum atomic E-state index is -3.03. The van der Waals surface area contributed by atoms with Crippen LogP contribution in [0.2, 0.25) is 5.15 Å². The fraction of sp³-hybridized carbons (Fsp3) is 0.312. The largest absolute Gasteiger partial charge is 0.256 e. The van der Waals surface area contributed by atoms with Crippen LogP contribution in [-0.4, -0.2) is 34.7 Å². The Morgan fingerprint density at radius 1 is 1.50 bits per heavy atom. The molecule has 1 aliphatic rings. The van der Waals surface area contributed by atoms with E-state index in [2.05, 4.69) is 16.2 Å². The van der Waals surface area contributed by atoms with Crippen molar-refractivity contribution in [1.82, 2.24) is 14.8 Å². The van der Waals surface area contributed by atoms with Crippen molar-refractivity contribution in [3.05, 3.63) is 46.5 Å². The van der Waals surface area contributed by atoms with Crippen LogP contribution in [0.5, 0.6) is 0 Å². The number of aryl methyl sites for hydroxylation is 1. The molecule has 3 rings (SSSR count). The molecule has 124 valence electrons. The van der Waals surface area contributed by atoms with Crippen molar-refractivity contribution >= 4 is 33.1 Å². The molecule has 24 heavy (non-hydrogen) atoms. The maximum atomic E-state index is 11.7. The molecule has 0 aliphatic carbocycles. The van der Waals surface area contributed by atoms with Gasteiger partial charge in [-0.2, -0.15) is 10.4 Å². The van der Waals surface area contributed by atoms with E-state index in [0.717, 1.165) is 0 Å². The Kier molecular flexibility index (Phi) is 4.43. The van der Waals surface area contributed by atoms with Gasteiger partial charge in [-0.05, 0) is 31.6 Å². The molecule has 2 aromatic rings. The number of sulfone groups is 1. The van der Waals surface area contributed by atoms with Crippen molar-refractivity contribution in [2.75, 3.05) is 11.5 Å². The van der Waals surface area contributed by atoms with Gasteiger partial charge in [0.05, 0.1) is 34.5 Å². The molecule has 0 amide bonds. The zero-order valence-corrected chi connectivity index (χ0v) is 14.5. The minimum absolute atomic E-state index is 0.0440. The summed E-state index contributed by atoms with van der Waals surface area (Å²) in [5.41, 5.74) is 2.18. The Labute approximate surface area is 145 Å². The van der Waals surface area contributed by atoms with E-state index in [1.807, 2.05) is 0 Å². The van der Waals surface area contributed by atoms with Crippen LogP contribution in [0.15, 0.2) is 24.4 Å². The van der Waals surface area contributed by atoms with Crippen molar-refractivity contribution in [2.24, 2.45) is 0 Å². The molecule has 1 atom stereocenters. The number of hydrogen-bond donors (Lipinski definition) is 0. The van der Waals surface area contributed by atoms with Crippen LogP contribution in [0.25, 0.3) is 11.6 Å². The standard InChI is InChI=1S/C16H15ClN4O2S/c1-11-14(8-12(9-18)15-4-2-3-6-19-15)16(17)21(20-11)13-5-7-24(22,23)10-13/h2-4,6,8,13H,5,7,10H2,1H3/b12-8-. The maximum Gasteiger partial charge on any atom is 0.152 e. The second kappa shape index (κ2) is 6.38. The lowest BCUT2D eigenvalue weighted by Gasteiger charge is -2.09. The van der Waals surface area contributed by atoms with E-state index in [1.165, 1.54) is 0 Å². The lowest BCUT2D eigenvalue weighted by molar-refractivity contribution is 0.497. The molecule has 1 saturated heterocycles. The number of nitrogens with zero attached hydrogens (tertiary/aromatic N) is 4. The Bertz CT molecular complexity index is 942. The first-order valence-electron chi connectivity index (χ1n) is 7.39. The van der Waals surface area contributed by atoms with Crippen LogP contribution >= 0.6 is 11.6 Å². The molecule has 1 unspecified atom stereocenters. The summed E-state index contributed by atoms with van der Waals surface area (Å²) in [6, 6.07) is 7.18. The molecule has 1 fully saturated rings. The summed E-state index contributed by atoms with van der Waals surface area (Å²) in [5, 5.41) is 14.1. The van der Waals surface area contributed by atoms with Gasteiger partial charge in [0.1, 0.15) is 11.2 Å². The van der Waals surface area contributed by atoms with Gasteiger partial charge >= 0.3 is 0 Å². The van der Waals surface area contributed by atoms with Crippen LogP contribution in [0.4, 0.5) is 0 Å². The van der Waals surface area contributed by atoms with E-state index < -0.39 is 9.84 Å². The molecule has 6 nitrogen and oxygen atoms in total. The minimum Gasteiger partial charge on any atom is -0.256 e. The van der Waals surface area contributed by atoms with E-state index in [0.29, 0.717) is 34.1 Å². The third-order valence-corrected chi connectivity index (χ3v) is 6.10. The Morgan fingerprint density at radius 3 is 2.88 bits per heavy atom. The van der Waals surface area contributed by atoms with Crippen LogP contribution in [0, 0.1) is 18.3 Å². The van der Waals surface area contributed by atoms with E-state index >= 15 is 0 Å². The highest BCUT2D eigenvalue weighted by Crippen LogP contribution is 2.31. The van der Waals surface area contributed by atoms with E-state index in [-0.39, 0.29) is 17.5 Å². The first-order valence-corrected chi connectivity index (χ1v) is 9.59. The fourth-order valence-electron chi connectivity index (χ4n) is 2.74. The summed E-state index contributed by atoms with van der Waals surface area (Å²) in [6.07, 6.45) is 3.76. The third kappa shape index (κ3) is 3.21. The van der Waals surface area contributed by atoms with Gasteiger partial charge in [0.2, 0.25) is 0 Å². The number of allylic oxidation sites excluding steroid dienone is 1. The molecule has 3 heterocycles. The topological polar surface area (TPSA) is 88.6 Å². The summed E-state index contributed by atoms with van der Waals surface area (Å²) < 4.78 is 24.9. The third-order valence-electron chi connectivity index (χ3n) is 3.98. The highest BCUT2D eigenvalue weighted by atomic mass is 35.5. The maximum absolute atomic E-state index is 11.7. The van der Waals surface area contributed by atoms with Gasteiger partial charge in [-0.25, -0.2) is 13.1 Å². The van der Waals surface area contributed by atoms with Gasteiger partial charge in [0, 0.05) is 11.8 Å². The first kappa shape index (κ1) is 16.7. The molecule has 0 saturated carbocycles. The van der Waals surface area contributed by atoms with Crippen LogP contribution in [0.3, 0.4) is 0 Å². The Hall–Kier alpha value is -2.17. The van der Waals surface area contributed by atoms with Crippen molar-refractivity contribution in [3.8, 4) is 6.07 Å². The summed E-state index contributed by atoms with van der Waals surface area (Å²) in [6.45, 7) is 1.78. The predicted octanol–water partition coefficient (Wildman–Crippen LogP) is 2.66. The number of nitriles is 1. The highest BCUT2D eigenvalue weighted by molar-refractivity contribution is 7.91. The molecule has 1 aliphatic heterocycles. The molecule has 0 radical (unpaired) electrons. The molecule has 8 heteroatoms. The molecule has 0 bridgehead atoms. The molecule has 2 aromatic heterocycles. The van der Waals surface area contributed by atoms with Gasteiger partial charge in [-0.1, -0.05) is 17.7 Å². The van der Waals surface area contributed by atoms with E-state index in [9.17, 15) is 13.7 Å². The quantitative estimate of drug-likeness (QED) is 0.783. The molecule has 0 N–H and O–H groups in total. The van der Waals surface area contributed by atoms with Gasteiger partial charge in [0.15, 0.2) is 9.84 Å². The summed E-state index contributed by atoms with van der Waals surface area (Å²) in [4.78, 5) is 4.17. The second-order valence-electron chi connectivity index (χ2n) is 5.68. The average molecular weight is 363 g/mol. The van der Waals surface area contributed by atoms with Crippen LogP contribution < -0.4 is 0 Å². The van der Waals surface area contributed by atoms with Crippen LogP contribution in [-0.2, 0) is 9.84 Å². The Balaban J connectivity index is 2.01. The number of hydrogen-bond acceptors (Lipinski definition) is 5. The smallest absolute Gasteiger partial charge is 0.152 e. The van der Waals surface area contributed by atoms with Gasteiger partial charge in [-0.3, -0.25) is 4.98 Å². The van der Waals surface area contributed by atoms with Crippen molar-refractivity contribution in [2.45, 2.75) is 19.4 Å². The second-order valence-corrected chi connectivity index (χ2v) is 8.26. The first-order chi connectivity index (χ1) is 11.4. The van der Waals surface area contributed by atoms with Gasteiger partial charge in [-0.15, -0.1) is 0 Å². The average Bonchev–Trinajstić information content (AvgIpc) is 3.06. The van der Waals surface area contributed by atoms with Gasteiger partial charge in [0.25, 0.3) is 0 Å². The summed E-state index contributed by atoms with van der Waals surface area (Å²) in [5.74, 6) is 0.192. The van der Waals surface area contributed by atoms with Crippen molar-refractivity contribution in [1.29, 1.82) is 5.26 Å². The van der Waals surface area contributed by atoms with Crippen LogP contribution in [0.1, 0.15) is 29.4 Å². The van der Waals surface area contributed by atoms with E-state index in [4.69, 9.17) is 11.6 Å². The van der Waals surface area contributed by atoms with Crippen molar-refractivity contribution < 1.29 is 8.42 Å². The molecular weight excluding hydrogens is 348 g/mol. The number of rotatable bonds is 3. The zero-order chi connectivity index (χ0) is 17.3. The highest BCUT2D eigenvalue weighted by Gasteiger charge is 2.31. The van der Waals surface area contributed by atoms with E-state index in [1.54, 1.807) is 42.1 Å². The lowest BCUT2D eigenvalue weighted by Crippen LogP contribution is -2.12. The van der Waals surface area contributed by atoms with Crippen molar-refractivity contribution in [3.63, 3.8) is 0 Å². The predicted molar refractivity (Wildman–Crippen MR) is 92.0 cm³/mol. The van der Waals surface area contributed by atoms with Gasteiger partial charge < -0.3 is 0 Å². The Morgan fingerprint density at radius 2 is 2.29 bits per heavy atom. The monoisotopic (exact) mass is 362 g/mol. The fourth-order valence-corrected chi connectivity index (χ4v) is 4.80. The lowest BCUT2D eigenvalue weighted by atomic mass is 10.1. The molecule has 0 spiro atoms. The summed E-state index contributed by atoms with van der Waals surface area (Å²) >= 11 is 6.42. The summed E-state index contributed by atoms with van der Waals surface area (Å²) in [7, 11) is -3.03. The normalized spacial score (nSPS) is 20.0. The number of pyridine rings is 1. The number of aromatic nitrogens is 3. The molecule has 0 aromatic carbocycles. The number of halogens is 1.